The smallest absolute Gasteiger partial charge is 0.354 e. The zero-order valence-electron chi connectivity index (χ0n) is 17.8. The molecule has 1 aliphatic rings. The van der Waals surface area contributed by atoms with Gasteiger partial charge in [-0.3, -0.25) is 4.79 Å². The number of allylic oxidation sites excluding steroid dienone is 3. The second-order valence-electron chi connectivity index (χ2n) is 6.88. The van der Waals surface area contributed by atoms with Gasteiger partial charge in [0, 0.05) is 22.9 Å². The zero-order valence-corrected chi connectivity index (χ0v) is 17.8. The molecule has 1 aliphatic heterocycles. The molecule has 6 nitrogen and oxygen atoms in total. The quantitative estimate of drug-likeness (QED) is 0.668. The van der Waals surface area contributed by atoms with E-state index >= 15 is 0 Å². The number of esters is 1. The molecule has 0 saturated carbocycles. The van der Waals surface area contributed by atoms with Gasteiger partial charge in [0.05, 0.1) is 21.3 Å². The number of benzene rings is 2. The summed E-state index contributed by atoms with van der Waals surface area (Å²) in [6, 6.07) is 14.8. The van der Waals surface area contributed by atoms with E-state index in [-0.39, 0.29) is 11.7 Å². The SMILES string of the molecule is COC(=O)C1=CC(c2ccc(OC)cc2)C(C(C)=O)=C(C)N1c1ccc(OC)cc1. The van der Waals surface area contributed by atoms with Crippen LogP contribution in [0.3, 0.4) is 0 Å². The van der Waals surface area contributed by atoms with Crippen molar-refractivity contribution in [2.45, 2.75) is 19.8 Å². The van der Waals surface area contributed by atoms with E-state index in [1.807, 2.05) is 43.3 Å². The first kappa shape index (κ1) is 21.2. The van der Waals surface area contributed by atoms with E-state index in [4.69, 9.17) is 14.2 Å². The van der Waals surface area contributed by atoms with Gasteiger partial charge in [0.2, 0.25) is 0 Å². The fourth-order valence-corrected chi connectivity index (χ4v) is 3.72. The average molecular weight is 407 g/mol. The van der Waals surface area contributed by atoms with Crippen molar-refractivity contribution in [1.29, 1.82) is 0 Å². The fraction of sp³-hybridized carbons (Fsp3) is 0.250. The number of Topliss-reactive ketones (excluding diaryl/α,β-unsaturated/α-hetero) is 1. The minimum Gasteiger partial charge on any atom is -0.497 e. The molecule has 0 aromatic heterocycles. The lowest BCUT2D eigenvalue weighted by Crippen LogP contribution is -2.33. The Bertz CT molecular complexity index is 1000. The van der Waals surface area contributed by atoms with Crippen LogP contribution in [0.4, 0.5) is 5.69 Å². The van der Waals surface area contributed by atoms with Crippen LogP contribution in [-0.2, 0) is 14.3 Å². The topological polar surface area (TPSA) is 65.1 Å². The van der Waals surface area contributed by atoms with Crippen LogP contribution in [0.5, 0.6) is 11.5 Å². The first-order valence-electron chi connectivity index (χ1n) is 9.51. The third-order valence-electron chi connectivity index (χ3n) is 5.18. The van der Waals surface area contributed by atoms with Crippen molar-refractivity contribution in [2.75, 3.05) is 26.2 Å². The van der Waals surface area contributed by atoms with Crippen LogP contribution in [0.1, 0.15) is 25.3 Å². The molecule has 1 heterocycles. The molecule has 0 amide bonds. The van der Waals surface area contributed by atoms with Gasteiger partial charge in [0.25, 0.3) is 0 Å². The van der Waals surface area contributed by atoms with Crippen molar-refractivity contribution in [3.05, 3.63) is 77.1 Å². The fourth-order valence-electron chi connectivity index (χ4n) is 3.72. The number of anilines is 1. The number of carbonyl (C=O) groups excluding carboxylic acids is 2. The van der Waals surface area contributed by atoms with Crippen molar-refractivity contribution in [3.8, 4) is 11.5 Å². The molecule has 0 spiro atoms. The molecule has 0 fully saturated rings. The third kappa shape index (κ3) is 3.94. The Morgan fingerprint density at radius 2 is 1.40 bits per heavy atom. The predicted octanol–water partition coefficient (Wildman–Crippen LogP) is 4.23. The van der Waals surface area contributed by atoms with Gasteiger partial charge in [0.15, 0.2) is 5.78 Å². The maximum atomic E-state index is 12.7. The molecule has 1 atom stereocenters. The summed E-state index contributed by atoms with van der Waals surface area (Å²) in [5, 5.41) is 0. The summed E-state index contributed by atoms with van der Waals surface area (Å²) in [5.74, 6) is 0.496. The molecule has 2 aromatic rings. The van der Waals surface area contributed by atoms with E-state index in [9.17, 15) is 9.59 Å². The number of ether oxygens (including phenoxy) is 3. The van der Waals surface area contributed by atoms with Crippen molar-refractivity contribution in [3.63, 3.8) is 0 Å². The summed E-state index contributed by atoms with van der Waals surface area (Å²) in [6.07, 6.45) is 1.78. The van der Waals surface area contributed by atoms with Gasteiger partial charge in [0.1, 0.15) is 17.2 Å². The lowest BCUT2D eigenvalue weighted by Gasteiger charge is -2.35. The first-order chi connectivity index (χ1) is 14.4. The van der Waals surface area contributed by atoms with Gasteiger partial charge in [-0.2, -0.15) is 0 Å². The number of hydrogen-bond donors (Lipinski definition) is 0. The van der Waals surface area contributed by atoms with Crippen LogP contribution in [0.25, 0.3) is 0 Å². The lowest BCUT2D eigenvalue weighted by atomic mass is 9.84. The molecule has 30 heavy (non-hydrogen) atoms. The van der Waals surface area contributed by atoms with Gasteiger partial charge in [-0.05, 0) is 61.9 Å². The van der Waals surface area contributed by atoms with Crippen LogP contribution in [0.2, 0.25) is 0 Å². The van der Waals surface area contributed by atoms with E-state index in [0.717, 1.165) is 17.0 Å². The van der Waals surface area contributed by atoms with Crippen molar-refractivity contribution in [2.24, 2.45) is 0 Å². The Balaban J connectivity index is 2.17. The van der Waals surface area contributed by atoms with Gasteiger partial charge in [-0.25, -0.2) is 4.79 Å². The van der Waals surface area contributed by atoms with Crippen LogP contribution < -0.4 is 14.4 Å². The van der Waals surface area contributed by atoms with Gasteiger partial charge in [-0.15, -0.1) is 0 Å². The van der Waals surface area contributed by atoms with Gasteiger partial charge in [-0.1, -0.05) is 12.1 Å². The molecule has 0 bridgehead atoms. The maximum Gasteiger partial charge on any atom is 0.354 e. The van der Waals surface area contributed by atoms with Crippen molar-refractivity contribution >= 4 is 17.4 Å². The Kier molecular flexibility index (Phi) is 6.26. The maximum absolute atomic E-state index is 12.7. The van der Waals surface area contributed by atoms with Crippen LogP contribution >= 0.6 is 0 Å². The molecule has 0 aliphatic carbocycles. The van der Waals surface area contributed by atoms with Gasteiger partial charge >= 0.3 is 5.97 Å². The summed E-state index contributed by atoms with van der Waals surface area (Å²) in [7, 11) is 4.54. The van der Waals surface area contributed by atoms with E-state index < -0.39 is 5.97 Å². The normalized spacial score (nSPS) is 16.1. The summed E-state index contributed by atoms with van der Waals surface area (Å²) in [6.45, 7) is 3.38. The summed E-state index contributed by atoms with van der Waals surface area (Å²) in [4.78, 5) is 27.1. The lowest BCUT2D eigenvalue weighted by molar-refractivity contribution is -0.136. The number of rotatable bonds is 6. The second-order valence-corrected chi connectivity index (χ2v) is 6.88. The standard InChI is InChI=1S/C24H25NO5/c1-15-23(16(2)26)21(17-6-10-19(28-3)11-7-17)14-22(24(27)30-5)25(15)18-8-12-20(29-4)13-9-18/h6-14,21H,1-5H3. The highest BCUT2D eigenvalue weighted by Gasteiger charge is 2.34. The number of ketones is 1. The average Bonchev–Trinajstić information content (AvgIpc) is 2.77. The minimum atomic E-state index is -0.480. The van der Waals surface area contributed by atoms with Crippen LogP contribution in [0.15, 0.2) is 71.6 Å². The Labute approximate surface area is 176 Å². The number of carbonyl (C=O) groups is 2. The Morgan fingerprint density at radius 1 is 0.867 bits per heavy atom. The number of hydrogen-bond acceptors (Lipinski definition) is 6. The van der Waals surface area contributed by atoms with Gasteiger partial charge < -0.3 is 19.1 Å². The number of nitrogens with zero attached hydrogens (tertiary/aromatic N) is 1. The summed E-state index contributed by atoms with van der Waals surface area (Å²) >= 11 is 0. The molecule has 0 N–H and O–H groups in total. The second kappa shape index (κ2) is 8.86. The van der Waals surface area contributed by atoms with Crippen molar-refractivity contribution < 1.29 is 23.8 Å². The van der Waals surface area contributed by atoms with E-state index in [1.165, 1.54) is 7.11 Å². The first-order valence-corrected chi connectivity index (χ1v) is 9.51. The molecule has 2 aromatic carbocycles. The van der Waals surface area contributed by atoms with E-state index in [0.29, 0.717) is 22.7 Å². The Hall–Kier alpha value is -3.54. The van der Waals surface area contributed by atoms with Crippen LogP contribution in [0, 0.1) is 0 Å². The molecule has 0 radical (unpaired) electrons. The van der Waals surface area contributed by atoms with E-state index in [1.54, 1.807) is 44.3 Å². The highest BCUT2D eigenvalue weighted by molar-refractivity contribution is 6.01. The highest BCUT2D eigenvalue weighted by atomic mass is 16.5. The summed E-state index contributed by atoms with van der Waals surface area (Å²) in [5.41, 5.74) is 3.26. The summed E-state index contributed by atoms with van der Waals surface area (Å²) < 4.78 is 15.5. The molecule has 0 saturated heterocycles. The predicted molar refractivity (Wildman–Crippen MR) is 115 cm³/mol. The highest BCUT2D eigenvalue weighted by Crippen LogP contribution is 2.40. The number of methoxy groups -OCH3 is 3. The minimum absolute atomic E-state index is 0.0630. The molecular formula is C24H25NO5. The molecule has 3 rings (SSSR count). The molecule has 6 heteroatoms. The molecule has 1 unspecified atom stereocenters. The molecule has 156 valence electrons. The van der Waals surface area contributed by atoms with Crippen molar-refractivity contribution in [1.82, 2.24) is 0 Å². The third-order valence-corrected chi connectivity index (χ3v) is 5.18. The monoisotopic (exact) mass is 407 g/mol. The zero-order chi connectivity index (χ0) is 21.8. The Morgan fingerprint density at radius 3 is 1.87 bits per heavy atom. The largest absolute Gasteiger partial charge is 0.497 e. The van der Waals surface area contributed by atoms with E-state index in [2.05, 4.69) is 0 Å². The van der Waals surface area contributed by atoms with Crippen LogP contribution in [-0.4, -0.2) is 33.1 Å². The molecular weight excluding hydrogens is 382 g/mol.